The fraction of sp³-hybridized carbons (Fsp3) is 0.231. The lowest BCUT2D eigenvalue weighted by atomic mass is 10.2. The van der Waals surface area contributed by atoms with Crippen molar-refractivity contribution in [2.24, 2.45) is 5.10 Å². The largest absolute Gasteiger partial charge is 0.453 e. The van der Waals surface area contributed by atoms with Gasteiger partial charge in [0.15, 0.2) is 6.73 Å². The number of nitrogens with zero attached hydrogens (tertiary/aromatic N) is 3. The fourth-order valence-corrected chi connectivity index (χ4v) is 1.89. The molecule has 1 aliphatic rings. The minimum Gasteiger partial charge on any atom is -0.453 e. The highest BCUT2D eigenvalue weighted by atomic mass is 19.4. The Kier molecular flexibility index (Phi) is 3.08. The van der Waals surface area contributed by atoms with E-state index in [2.05, 4.69) is 10.3 Å². The summed E-state index contributed by atoms with van der Waals surface area (Å²) in [5.74, 6) is 0.270. The van der Waals surface area contributed by atoms with Gasteiger partial charge in [0, 0.05) is 0 Å². The normalized spacial score (nSPS) is 15.0. The summed E-state index contributed by atoms with van der Waals surface area (Å²) in [5, 5.41) is 9.19. The SMILES string of the molecule is Cc1nocc1C1=NN(c2cccc(C(F)(F)F)c2)CO1. The van der Waals surface area contributed by atoms with Crippen molar-refractivity contribution in [3.63, 3.8) is 0 Å². The van der Waals surface area contributed by atoms with Crippen molar-refractivity contribution in [1.29, 1.82) is 0 Å². The Morgan fingerprint density at radius 3 is 2.76 bits per heavy atom. The van der Waals surface area contributed by atoms with Crippen molar-refractivity contribution in [2.75, 3.05) is 11.7 Å². The number of alkyl halides is 3. The molecule has 0 spiro atoms. The maximum Gasteiger partial charge on any atom is 0.416 e. The second-order valence-electron chi connectivity index (χ2n) is 4.44. The van der Waals surface area contributed by atoms with Crippen LogP contribution in [0.25, 0.3) is 0 Å². The lowest BCUT2D eigenvalue weighted by Crippen LogP contribution is -2.14. The van der Waals surface area contributed by atoms with Gasteiger partial charge >= 0.3 is 6.18 Å². The molecule has 0 N–H and O–H groups in total. The van der Waals surface area contributed by atoms with Crippen LogP contribution >= 0.6 is 0 Å². The van der Waals surface area contributed by atoms with Gasteiger partial charge in [-0.1, -0.05) is 11.2 Å². The van der Waals surface area contributed by atoms with Gasteiger partial charge in [-0.25, -0.2) is 5.01 Å². The van der Waals surface area contributed by atoms with Gasteiger partial charge in [0.25, 0.3) is 0 Å². The molecular formula is C13H10F3N3O2. The number of halogens is 3. The van der Waals surface area contributed by atoms with E-state index in [9.17, 15) is 13.2 Å². The van der Waals surface area contributed by atoms with Crippen molar-refractivity contribution in [1.82, 2.24) is 5.16 Å². The van der Waals surface area contributed by atoms with Crippen LogP contribution in [0.3, 0.4) is 0 Å². The van der Waals surface area contributed by atoms with Gasteiger partial charge < -0.3 is 9.26 Å². The van der Waals surface area contributed by atoms with E-state index in [1.807, 2.05) is 0 Å². The van der Waals surface area contributed by atoms with Gasteiger partial charge in [-0.2, -0.15) is 13.2 Å². The van der Waals surface area contributed by atoms with Crippen LogP contribution in [0.5, 0.6) is 0 Å². The van der Waals surface area contributed by atoms with Crippen molar-refractivity contribution >= 4 is 11.6 Å². The first kappa shape index (κ1) is 13.5. The third-order valence-corrected chi connectivity index (χ3v) is 2.99. The standard InChI is InChI=1S/C13H10F3N3O2/c1-8-11(6-21-18-8)12-17-19(7-20-12)10-4-2-3-9(5-10)13(14,15)16/h2-6H,7H2,1H3. The number of ether oxygens (including phenoxy) is 1. The molecule has 0 bridgehead atoms. The van der Waals surface area contributed by atoms with Crippen LogP contribution in [-0.4, -0.2) is 17.8 Å². The molecular weight excluding hydrogens is 287 g/mol. The average molecular weight is 297 g/mol. The summed E-state index contributed by atoms with van der Waals surface area (Å²) in [6.45, 7) is 1.75. The van der Waals surface area contributed by atoms with E-state index >= 15 is 0 Å². The fourth-order valence-electron chi connectivity index (χ4n) is 1.89. The molecule has 0 amide bonds. The Bertz CT molecular complexity index is 694. The molecule has 0 fully saturated rings. The van der Waals surface area contributed by atoms with Gasteiger partial charge in [0.1, 0.15) is 11.8 Å². The first-order valence-corrected chi connectivity index (χ1v) is 6.03. The van der Waals surface area contributed by atoms with Crippen molar-refractivity contribution in [3.05, 3.63) is 47.3 Å². The molecule has 0 radical (unpaired) electrons. The van der Waals surface area contributed by atoms with Crippen molar-refractivity contribution < 1.29 is 22.4 Å². The third-order valence-electron chi connectivity index (χ3n) is 2.99. The number of benzene rings is 1. The van der Waals surface area contributed by atoms with E-state index in [-0.39, 0.29) is 12.6 Å². The van der Waals surface area contributed by atoms with Crippen LogP contribution in [0.1, 0.15) is 16.8 Å². The van der Waals surface area contributed by atoms with Gasteiger partial charge in [-0.3, -0.25) is 0 Å². The maximum atomic E-state index is 12.7. The molecule has 0 aliphatic carbocycles. The Labute approximate surface area is 117 Å². The zero-order valence-electron chi connectivity index (χ0n) is 10.9. The van der Waals surface area contributed by atoms with Crippen LogP contribution < -0.4 is 5.01 Å². The van der Waals surface area contributed by atoms with E-state index in [4.69, 9.17) is 9.26 Å². The number of aromatic nitrogens is 1. The van der Waals surface area contributed by atoms with Crippen LogP contribution in [0.15, 0.2) is 40.2 Å². The van der Waals surface area contributed by atoms with Crippen LogP contribution in [0.4, 0.5) is 18.9 Å². The lowest BCUT2D eigenvalue weighted by Gasteiger charge is -2.13. The van der Waals surface area contributed by atoms with E-state index in [1.54, 1.807) is 6.92 Å². The molecule has 2 heterocycles. The second kappa shape index (κ2) is 4.80. The minimum atomic E-state index is -4.39. The average Bonchev–Trinajstić information content (AvgIpc) is 3.06. The summed E-state index contributed by atoms with van der Waals surface area (Å²) in [7, 11) is 0. The molecule has 2 aromatic rings. The Morgan fingerprint density at radius 1 is 1.29 bits per heavy atom. The Hall–Kier alpha value is -2.51. The first-order valence-electron chi connectivity index (χ1n) is 6.03. The van der Waals surface area contributed by atoms with E-state index in [1.165, 1.54) is 23.4 Å². The summed E-state index contributed by atoms with van der Waals surface area (Å²) in [4.78, 5) is 0. The maximum absolute atomic E-state index is 12.7. The predicted molar refractivity (Wildman–Crippen MR) is 67.7 cm³/mol. The number of anilines is 1. The predicted octanol–water partition coefficient (Wildman–Crippen LogP) is 3.16. The molecule has 0 atom stereocenters. The molecule has 0 unspecified atom stereocenters. The zero-order valence-corrected chi connectivity index (χ0v) is 10.9. The monoisotopic (exact) mass is 297 g/mol. The molecule has 8 heteroatoms. The second-order valence-corrected chi connectivity index (χ2v) is 4.44. The quantitative estimate of drug-likeness (QED) is 0.854. The van der Waals surface area contributed by atoms with E-state index < -0.39 is 11.7 Å². The number of hydrogen-bond donors (Lipinski definition) is 0. The van der Waals surface area contributed by atoms with E-state index in [0.29, 0.717) is 16.9 Å². The summed E-state index contributed by atoms with van der Waals surface area (Å²) in [6, 6.07) is 4.90. The highest BCUT2D eigenvalue weighted by molar-refractivity contribution is 5.96. The molecule has 3 rings (SSSR count). The van der Waals surface area contributed by atoms with Gasteiger partial charge in [-0.05, 0) is 25.1 Å². The number of rotatable bonds is 2. The molecule has 0 saturated heterocycles. The molecule has 1 aliphatic heterocycles. The highest BCUT2D eigenvalue weighted by Crippen LogP contribution is 2.32. The molecule has 1 aromatic carbocycles. The Balaban J connectivity index is 1.89. The summed E-state index contributed by atoms with van der Waals surface area (Å²) in [6.07, 6.45) is -3.02. The first-order chi connectivity index (χ1) is 9.95. The van der Waals surface area contributed by atoms with Crippen LogP contribution in [0.2, 0.25) is 0 Å². The number of aryl methyl sites for hydroxylation is 1. The van der Waals surface area contributed by atoms with Crippen molar-refractivity contribution in [3.8, 4) is 0 Å². The zero-order chi connectivity index (χ0) is 15.0. The molecule has 21 heavy (non-hydrogen) atoms. The number of hydrazone groups is 1. The van der Waals surface area contributed by atoms with Gasteiger partial charge in [0.2, 0.25) is 5.90 Å². The topological polar surface area (TPSA) is 50.9 Å². The minimum absolute atomic E-state index is 0.0290. The molecule has 5 nitrogen and oxygen atoms in total. The molecule has 1 aromatic heterocycles. The van der Waals surface area contributed by atoms with E-state index in [0.717, 1.165) is 12.1 Å². The summed E-state index contributed by atoms with van der Waals surface area (Å²) < 4.78 is 48.3. The molecule has 0 saturated carbocycles. The van der Waals surface area contributed by atoms with Gasteiger partial charge in [0.05, 0.1) is 16.9 Å². The third kappa shape index (κ3) is 2.56. The van der Waals surface area contributed by atoms with Gasteiger partial charge in [-0.15, -0.1) is 5.10 Å². The molecule has 110 valence electrons. The summed E-state index contributed by atoms with van der Waals surface area (Å²) in [5.41, 5.74) is 0.739. The summed E-state index contributed by atoms with van der Waals surface area (Å²) >= 11 is 0. The lowest BCUT2D eigenvalue weighted by molar-refractivity contribution is -0.137. The Morgan fingerprint density at radius 2 is 2.10 bits per heavy atom. The van der Waals surface area contributed by atoms with Crippen LogP contribution in [0, 0.1) is 6.92 Å². The van der Waals surface area contributed by atoms with Crippen LogP contribution in [-0.2, 0) is 10.9 Å². The highest BCUT2D eigenvalue weighted by Gasteiger charge is 2.31. The smallest absolute Gasteiger partial charge is 0.416 e. The van der Waals surface area contributed by atoms with Crippen molar-refractivity contribution in [2.45, 2.75) is 13.1 Å². The number of hydrogen-bond acceptors (Lipinski definition) is 5.